The van der Waals surface area contributed by atoms with Crippen molar-refractivity contribution >= 4 is 11.4 Å². The normalized spacial score (nSPS) is 11.1. The Balaban J connectivity index is 2.71. The van der Waals surface area contributed by atoms with Crippen LogP contribution in [0.1, 0.15) is 27.7 Å². The zero-order valence-corrected chi connectivity index (χ0v) is 12.6. The standard InChI is InChI=1S/C15H26N2O2/c1-11(2)18-10-9-17(5)13-7-6-8-14(15(13)16)19-12(3)4/h6-8,11-12H,9-10,16H2,1-5H3. The molecule has 0 amide bonds. The minimum atomic E-state index is 0.118. The Morgan fingerprint density at radius 3 is 2.42 bits per heavy atom. The molecule has 0 radical (unpaired) electrons. The van der Waals surface area contributed by atoms with Crippen LogP contribution in [0.4, 0.5) is 11.4 Å². The molecule has 4 nitrogen and oxygen atoms in total. The molecule has 0 saturated heterocycles. The molecule has 1 aromatic rings. The number of likely N-dealkylation sites (N-methyl/N-ethyl adjacent to an activating group) is 1. The van der Waals surface area contributed by atoms with Crippen molar-refractivity contribution in [3.63, 3.8) is 0 Å². The third kappa shape index (κ3) is 4.99. The van der Waals surface area contributed by atoms with Crippen molar-refractivity contribution in [2.24, 2.45) is 0 Å². The molecule has 0 aliphatic heterocycles. The molecule has 108 valence electrons. The molecule has 0 saturated carbocycles. The van der Waals surface area contributed by atoms with E-state index in [1.54, 1.807) is 0 Å². The minimum Gasteiger partial charge on any atom is -0.489 e. The highest BCUT2D eigenvalue weighted by molar-refractivity contribution is 5.73. The summed E-state index contributed by atoms with van der Waals surface area (Å²) in [7, 11) is 2.01. The van der Waals surface area contributed by atoms with Gasteiger partial charge in [-0.2, -0.15) is 0 Å². The van der Waals surface area contributed by atoms with Crippen LogP contribution in [0, 0.1) is 0 Å². The molecule has 1 aromatic carbocycles. The SMILES string of the molecule is CC(C)OCCN(C)c1cccc(OC(C)C)c1N. The van der Waals surface area contributed by atoms with Crippen LogP contribution in [-0.2, 0) is 4.74 Å². The molecule has 0 fully saturated rings. The van der Waals surface area contributed by atoms with Crippen molar-refractivity contribution in [1.82, 2.24) is 0 Å². The number of benzene rings is 1. The summed E-state index contributed by atoms with van der Waals surface area (Å²) in [5.74, 6) is 0.740. The molecular weight excluding hydrogens is 240 g/mol. The predicted octanol–water partition coefficient (Wildman–Crippen LogP) is 2.92. The first-order valence-corrected chi connectivity index (χ1v) is 6.79. The van der Waals surface area contributed by atoms with Crippen LogP contribution in [-0.4, -0.2) is 32.4 Å². The average Bonchev–Trinajstić information content (AvgIpc) is 2.30. The van der Waals surface area contributed by atoms with Crippen LogP contribution in [0.15, 0.2) is 18.2 Å². The van der Waals surface area contributed by atoms with Crippen LogP contribution in [0.25, 0.3) is 0 Å². The molecule has 1 rings (SSSR count). The van der Waals surface area contributed by atoms with Crippen molar-refractivity contribution in [2.75, 3.05) is 30.8 Å². The number of nitrogen functional groups attached to an aromatic ring is 1. The molecule has 4 heteroatoms. The maximum atomic E-state index is 6.16. The zero-order chi connectivity index (χ0) is 14.4. The Labute approximate surface area is 116 Å². The van der Waals surface area contributed by atoms with Crippen molar-refractivity contribution in [3.8, 4) is 5.75 Å². The maximum absolute atomic E-state index is 6.16. The number of anilines is 2. The second-order valence-electron chi connectivity index (χ2n) is 5.20. The molecule has 0 heterocycles. The first-order chi connectivity index (χ1) is 8.91. The number of hydrogen-bond acceptors (Lipinski definition) is 4. The first-order valence-electron chi connectivity index (χ1n) is 6.79. The summed E-state index contributed by atoms with van der Waals surface area (Å²) in [6.07, 6.45) is 0.369. The van der Waals surface area contributed by atoms with Gasteiger partial charge in [0.15, 0.2) is 0 Å². The summed E-state index contributed by atoms with van der Waals surface area (Å²) in [5.41, 5.74) is 7.82. The van der Waals surface area contributed by atoms with Crippen LogP contribution in [0.2, 0.25) is 0 Å². The summed E-state index contributed by atoms with van der Waals surface area (Å²) in [6, 6.07) is 5.86. The Bertz CT molecular complexity index is 392. The Morgan fingerprint density at radius 1 is 1.16 bits per heavy atom. The Morgan fingerprint density at radius 2 is 1.84 bits per heavy atom. The summed E-state index contributed by atoms with van der Waals surface area (Å²) in [6.45, 7) is 9.53. The van der Waals surface area contributed by atoms with Gasteiger partial charge in [0.1, 0.15) is 5.75 Å². The number of para-hydroxylation sites is 1. The maximum Gasteiger partial charge on any atom is 0.144 e. The summed E-state index contributed by atoms with van der Waals surface area (Å²) < 4.78 is 11.3. The van der Waals surface area contributed by atoms with Gasteiger partial charge in [-0.05, 0) is 39.8 Å². The van der Waals surface area contributed by atoms with Gasteiger partial charge in [0.2, 0.25) is 0 Å². The number of nitrogens with zero attached hydrogens (tertiary/aromatic N) is 1. The number of hydrogen-bond donors (Lipinski definition) is 1. The van der Waals surface area contributed by atoms with Gasteiger partial charge in [0.05, 0.1) is 30.2 Å². The van der Waals surface area contributed by atoms with Gasteiger partial charge in [-0.1, -0.05) is 6.07 Å². The van der Waals surface area contributed by atoms with Crippen LogP contribution in [0.5, 0.6) is 5.75 Å². The fourth-order valence-electron chi connectivity index (χ4n) is 1.77. The summed E-state index contributed by atoms with van der Waals surface area (Å²) in [5, 5.41) is 0. The first kappa shape index (κ1) is 15.6. The minimum absolute atomic E-state index is 0.118. The second kappa shape index (κ2) is 7.24. The molecule has 0 atom stereocenters. The van der Waals surface area contributed by atoms with Gasteiger partial charge in [-0.15, -0.1) is 0 Å². The van der Waals surface area contributed by atoms with E-state index in [9.17, 15) is 0 Å². The second-order valence-corrected chi connectivity index (χ2v) is 5.20. The van der Waals surface area contributed by atoms with E-state index in [0.717, 1.165) is 18.0 Å². The van der Waals surface area contributed by atoms with Gasteiger partial charge in [0, 0.05) is 13.6 Å². The van der Waals surface area contributed by atoms with E-state index in [2.05, 4.69) is 4.90 Å². The van der Waals surface area contributed by atoms with E-state index in [-0.39, 0.29) is 12.2 Å². The number of ether oxygens (including phenoxy) is 2. The van der Waals surface area contributed by atoms with Gasteiger partial charge in [-0.3, -0.25) is 0 Å². The molecule has 0 bridgehead atoms. The molecule has 0 aliphatic carbocycles. The topological polar surface area (TPSA) is 47.7 Å². The molecule has 0 aliphatic rings. The van der Waals surface area contributed by atoms with Gasteiger partial charge < -0.3 is 20.1 Å². The highest BCUT2D eigenvalue weighted by Crippen LogP contribution is 2.32. The van der Waals surface area contributed by atoms with E-state index in [1.165, 1.54) is 0 Å². The predicted molar refractivity (Wildman–Crippen MR) is 81.0 cm³/mol. The summed E-state index contributed by atoms with van der Waals surface area (Å²) >= 11 is 0. The number of nitrogens with two attached hydrogens (primary N) is 1. The smallest absolute Gasteiger partial charge is 0.144 e. The lowest BCUT2D eigenvalue weighted by Gasteiger charge is -2.23. The van der Waals surface area contributed by atoms with Crippen LogP contribution in [0.3, 0.4) is 0 Å². The van der Waals surface area contributed by atoms with Crippen molar-refractivity contribution in [2.45, 2.75) is 39.9 Å². The monoisotopic (exact) mass is 266 g/mol. The van der Waals surface area contributed by atoms with Gasteiger partial charge >= 0.3 is 0 Å². The fourth-order valence-corrected chi connectivity index (χ4v) is 1.77. The summed E-state index contributed by atoms with van der Waals surface area (Å²) in [4.78, 5) is 2.09. The van der Waals surface area contributed by atoms with Crippen LogP contribution >= 0.6 is 0 Å². The third-order valence-corrected chi connectivity index (χ3v) is 2.69. The van der Waals surface area contributed by atoms with Crippen molar-refractivity contribution < 1.29 is 9.47 Å². The van der Waals surface area contributed by atoms with Gasteiger partial charge in [0.25, 0.3) is 0 Å². The van der Waals surface area contributed by atoms with E-state index < -0.39 is 0 Å². The van der Waals surface area contributed by atoms with Crippen LogP contribution < -0.4 is 15.4 Å². The fraction of sp³-hybridized carbons (Fsp3) is 0.600. The molecule has 0 unspecified atom stereocenters. The largest absolute Gasteiger partial charge is 0.489 e. The number of rotatable bonds is 7. The molecule has 19 heavy (non-hydrogen) atoms. The molecule has 0 aromatic heterocycles. The lowest BCUT2D eigenvalue weighted by atomic mass is 10.2. The highest BCUT2D eigenvalue weighted by Gasteiger charge is 2.11. The van der Waals surface area contributed by atoms with E-state index in [4.69, 9.17) is 15.2 Å². The van der Waals surface area contributed by atoms with E-state index in [1.807, 2.05) is 52.9 Å². The zero-order valence-electron chi connectivity index (χ0n) is 12.6. The molecule has 0 spiro atoms. The lowest BCUT2D eigenvalue weighted by Crippen LogP contribution is -2.25. The van der Waals surface area contributed by atoms with Crippen molar-refractivity contribution in [3.05, 3.63) is 18.2 Å². The van der Waals surface area contributed by atoms with Gasteiger partial charge in [-0.25, -0.2) is 0 Å². The average molecular weight is 266 g/mol. The quantitative estimate of drug-likeness (QED) is 0.771. The molecular formula is C15H26N2O2. The van der Waals surface area contributed by atoms with E-state index >= 15 is 0 Å². The van der Waals surface area contributed by atoms with Crippen molar-refractivity contribution in [1.29, 1.82) is 0 Å². The third-order valence-electron chi connectivity index (χ3n) is 2.69. The highest BCUT2D eigenvalue weighted by atomic mass is 16.5. The Hall–Kier alpha value is -1.42. The molecule has 2 N–H and O–H groups in total. The van der Waals surface area contributed by atoms with E-state index in [0.29, 0.717) is 12.3 Å². The lowest BCUT2D eigenvalue weighted by molar-refractivity contribution is 0.0846. The Kier molecular flexibility index (Phi) is 5.96.